The molecule has 0 spiro atoms. The van der Waals surface area contributed by atoms with Crippen LogP contribution in [0.25, 0.3) is 0 Å². The Hall–Kier alpha value is -3.08. The van der Waals surface area contributed by atoms with E-state index in [0.717, 1.165) is 13.8 Å². The van der Waals surface area contributed by atoms with Crippen LogP contribution in [0, 0.1) is 0 Å². The first-order valence-corrected chi connectivity index (χ1v) is 13.3. The molecule has 0 radical (unpaired) electrons. The molecule has 206 valence electrons. The fourth-order valence-corrected chi connectivity index (χ4v) is 4.97. The van der Waals surface area contributed by atoms with Gasteiger partial charge in [-0.05, 0) is 18.1 Å². The number of hydrogen-bond donors (Lipinski definition) is 0. The van der Waals surface area contributed by atoms with Crippen molar-refractivity contribution in [3.63, 3.8) is 0 Å². The molecular formula is C26H31O11P. The Bertz CT molecular complexity index is 1080. The van der Waals surface area contributed by atoms with Crippen molar-refractivity contribution in [2.24, 2.45) is 0 Å². The molecule has 12 heteroatoms. The first kappa shape index (κ1) is 29.5. The van der Waals surface area contributed by atoms with Crippen molar-refractivity contribution in [3.05, 3.63) is 71.8 Å². The Labute approximate surface area is 220 Å². The molecule has 0 aromatic heterocycles. The van der Waals surface area contributed by atoms with Gasteiger partial charge in [-0.2, -0.15) is 0 Å². The second-order valence-corrected chi connectivity index (χ2v) is 10.1. The summed E-state index contributed by atoms with van der Waals surface area (Å²) in [5.74, 6) is -2.18. The summed E-state index contributed by atoms with van der Waals surface area (Å²) in [4.78, 5) is 35.6. The van der Waals surface area contributed by atoms with Crippen molar-refractivity contribution in [2.45, 2.75) is 71.6 Å². The molecule has 0 unspecified atom stereocenters. The van der Waals surface area contributed by atoms with E-state index in [9.17, 15) is 18.9 Å². The molecule has 2 aromatic carbocycles. The molecule has 0 amide bonds. The Balaban J connectivity index is 1.90. The summed E-state index contributed by atoms with van der Waals surface area (Å²) in [5, 5.41) is 0. The predicted octanol–water partition coefficient (Wildman–Crippen LogP) is 4.08. The fraction of sp³-hybridized carbons (Fsp3) is 0.423. The van der Waals surface area contributed by atoms with Crippen molar-refractivity contribution in [1.29, 1.82) is 0 Å². The number of carbonyl (C=O) groups is 3. The molecule has 0 bridgehead atoms. The second-order valence-electron chi connectivity index (χ2n) is 8.50. The smallest absolute Gasteiger partial charge is 0.456 e. The standard InChI is InChI=1S/C26H31O11P/c1-17-23(34-18(2)27)24(35-19(3)28)25(36-20(4)29)26(33-17)37-38(30,31-15-21-11-7-5-8-12-21)32-16-22-13-9-6-10-14-22/h5-14,17,23-26H,15-16H2,1-4H3/t17-,23+,24+,25-,26-/m0/s1. The van der Waals surface area contributed by atoms with Crippen molar-refractivity contribution < 1.29 is 51.5 Å². The van der Waals surface area contributed by atoms with Gasteiger partial charge in [0.25, 0.3) is 0 Å². The fourth-order valence-electron chi connectivity index (χ4n) is 3.74. The number of phosphoric ester groups is 1. The van der Waals surface area contributed by atoms with Crippen LogP contribution in [0.4, 0.5) is 0 Å². The highest BCUT2D eigenvalue weighted by Crippen LogP contribution is 2.53. The molecule has 1 heterocycles. The summed E-state index contributed by atoms with van der Waals surface area (Å²) in [7, 11) is -4.40. The Morgan fingerprint density at radius 1 is 0.711 bits per heavy atom. The van der Waals surface area contributed by atoms with Gasteiger partial charge in [-0.15, -0.1) is 0 Å². The van der Waals surface area contributed by atoms with Gasteiger partial charge in [-0.1, -0.05) is 60.7 Å². The molecule has 2 aromatic rings. The van der Waals surface area contributed by atoms with E-state index in [2.05, 4.69) is 0 Å². The molecular weight excluding hydrogens is 519 g/mol. The molecule has 0 aliphatic carbocycles. The van der Waals surface area contributed by atoms with Crippen LogP contribution in [-0.4, -0.2) is 48.6 Å². The van der Waals surface area contributed by atoms with E-state index in [0.29, 0.717) is 11.1 Å². The third kappa shape index (κ3) is 8.75. The minimum Gasteiger partial charge on any atom is -0.456 e. The third-order valence-electron chi connectivity index (χ3n) is 5.33. The van der Waals surface area contributed by atoms with Crippen LogP contribution in [0.2, 0.25) is 0 Å². The lowest BCUT2D eigenvalue weighted by Crippen LogP contribution is -2.61. The average molecular weight is 550 g/mol. The highest BCUT2D eigenvalue weighted by molar-refractivity contribution is 7.48. The number of phosphoric acid groups is 1. The maximum atomic E-state index is 13.9. The highest BCUT2D eigenvalue weighted by atomic mass is 31.2. The van der Waals surface area contributed by atoms with E-state index >= 15 is 0 Å². The summed E-state index contributed by atoms with van der Waals surface area (Å²) in [6.45, 7) is 4.71. The number of benzene rings is 2. The zero-order valence-corrected chi connectivity index (χ0v) is 22.4. The first-order chi connectivity index (χ1) is 18.1. The van der Waals surface area contributed by atoms with Crippen LogP contribution in [-0.2, 0) is 64.7 Å². The molecule has 1 aliphatic rings. The van der Waals surface area contributed by atoms with Crippen molar-refractivity contribution >= 4 is 25.7 Å². The SMILES string of the molecule is CC(=O)O[C@H]1[C@H](OC(C)=O)[C@H](OP(=O)(OCc2ccccc2)OCc2ccccc2)O[C@@H](C)[C@H]1OC(C)=O. The van der Waals surface area contributed by atoms with Gasteiger partial charge >= 0.3 is 25.7 Å². The second kappa shape index (κ2) is 13.6. The van der Waals surface area contributed by atoms with E-state index in [1.54, 1.807) is 48.5 Å². The monoisotopic (exact) mass is 550 g/mol. The van der Waals surface area contributed by atoms with Crippen LogP contribution >= 0.6 is 7.82 Å². The number of ether oxygens (including phenoxy) is 4. The van der Waals surface area contributed by atoms with Gasteiger partial charge in [-0.25, -0.2) is 4.57 Å². The summed E-state index contributed by atoms with van der Waals surface area (Å²) >= 11 is 0. The number of hydrogen-bond acceptors (Lipinski definition) is 11. The maximum Gasteiger partial charge on any atom is 0.477 e. The van der Waals surface area contributed by atoms with Crippen LogP contribution in [0.3, 0.4) is 0 Å². The normalized spacial score (nSPS) is 23.3. The van der Waals surface area contributed by atoms with Gasteiger partial charge in [0.05, 0.1) is 19.3 Å². The first-order valence-electron chi connectivity index (χ1n) is 11.9. The van der Waals surface area contributed by atoms with E-state index in [4.69, 9.17) is 32.5 Å². The van der Waals surface area contributed by atoms with E-state index in [1.807, 2.05) is 12.1 Å². The molecule has 38 heavy (non-hydrogen) atoms. The molecule has 1 saturated heterocycles. The van der Waals surface area contributed by atoms with Crippen LogP contribution in [0.15, 0.2) is 60.7 Å². The van der Waals surface area contributed by atoms with E-state index in [-0.39, 0.29) is 13.2 Å². The minimum atomic E-state index is -4.40. The summed E-state index contributed by atoms with van der Waals surface area (Å²) in [6.07, 6.45) is -6.42. The predicted molar refractivity (Wildman–Crippen MR) is 132 cm³/mol. The molecule has 0 N–H and O–H groups in total. The number of esters is 3. The molecule has 0 saturated carbocycles. The minimum absolute atomic E-state index is 0.128. The van der Waals surface area contributed by atoms with Gasteiger partial charge in [0.1, 0.15) is 0 Å². The van der Waals surface area contributed by atoms with Gasteiger partial charge in [0.2, 0.25) is 6.29 Å². The van der Waals surface area contributed by atoms with Gasteiger partial charge < -0.3 is 18.9 Å². The molecule has 3 rings (SSSR count). The Morgan fingerprint density at radius 2 is 1.13 bits per heavy atom. The van der Waals surface area contributed by atoms with Gasteiger partial charge in [-0.3, -0.25) is 28.0 Å². The zero-order valence-electron chi connectivity index (χ0n) is 21.5. The lowest BCUT2D eigenvalue weighted by molar-refractivity contribution is -0.284. The Kier molecular flexibility index (Phi) is 10.6. The third-order valence-corrected chi connectivity index (χ3v) is 6.69. The number of carbonyl (C=O) groups excluding carboxylic acids is 3. The van der Waals surface area contributed by atoms with Crippen LogP contribution < -0.4 is 0 Å². The summed E-state index contributed by atoms with van der Waals surface area (Å²) in [5.41, 5.74) is 1.39. The van der Waals surface area contributed by atoms with Crippen molar-refractivity contribution in [2.75, 3.05) is 0 Å². The number of rotatable bonds is 11. The lowest BCUT2D eigenvalue weighted by Gasteiger charge is -2.43. The zero-order chi connectivity index (χ0) is 27.7. The van der Waals surface area contributed by atoms with E-state index < -0.39 is 56.4 Å². The van der Waals surface area contributed by atoms with Gasteiger partial charge in [0.15, 0.2) is 18.3 Å². The molecule has 11 nitrogen and oxygen atoms in total. The Morgan fingerprint density at radius 3 is 1.58 bits per heavy atom. The van der Waals surface area contributed by atoms with Gasteiger partial charge in [0, 0.05) is 20.8 Å². The van der Waals surface area contributed by atoms with Crippen molar-refractivity contribution in [1.82, 2.24) is 0 Å². The largest absolute Gasteiger partial charge is 0.477 e. The highest BCUT2D eigenvalue weighted by Gasteiger charge is 2.53. The summed E-state index contributed by atoms with van der Waals surface area (Å²) < 4.78 is 52.7. The van der Waals surface area contributed by atoms with E-state index in [1.165, 1.54) is 13.8 Å². The molecule has 1 fully saturated rings. The quantitative estimate of drug-likeness (QED) is 0.228. The van der Waals surface area contributed by atoms with Crippen molar-refractivity contribution in [3.8, 4) is 0 Å². The molecule has 5 atom stereocenters. The maximum absolute atomic E-state index is 13.9. The van der Waals surface area contributed by atoms with Crippen LogP contribution in [0.5, 0.6) is 0 Å². The average Bonchev–Trinajstić information content (AvgIpc) is 2.87. The summed E-state index contributed by atoms with van der Waals surface area (Å²) in [6, 6.07) is 17.9. The van der Waals surface area contributed by atoms with Crippen LogP contribution in [0.1, 0.15) is 38.8 Å². The topological polar surface area (TPSA) is 133 Å². The lowest BCUT2D eigenvalue weighted by atomic mass is 9.99. The molecule has 1 aliphatic heterocycles.